The molecule has 0 aromatic heterocycles. The Bertz CT molecular complexity index is 624. The van der Waals surface area contributed by atoms with Gasteiger partial charge in [-0.15, -0.1) is 0 Å². The van der Waals surface area contributed by atoms with Gasteiger partial charge < -0.3 is 19.3 Å². The third-order valence-corrected chi connectivity index (χ3v) is 5.77. The molecule has 0 atom stereocenters. The Morgan fingerprint density at radius 3 is 2.44 bits per heavy atom. The fourth-order valence-corrected chi connectivity index (χ4v) is 3.91. The van der Waals surface area contributed by atoms with E-state index in [0.29, 0.717) is 43.2 Å². The van der Waals surface area contributed by atoms with Crippen molar-refractivity contribution in [3.63, 3.8) is 0 Å². The molecule has 0 bridgehead atoms. The van der Waals surface area contributed by atoms with Crippen LogP contribution in [0.1, 0.15) is 6.42 Å². The minimum absolute atomic E-state index is 0.0202. The largest absolute Gasteiger partial charge is 0.379 e. The monoisotopic (exact) mass is 409 g/mol. The standard InChI is InChI=1S/C19H27N3O3S2/c23-19(16-3-1-2-4-17(16)26)22(6-5-20-7-11-24-12-8-20)15-18(27)21-9-13-25-14-10-21/h1-3H,4-15H2. The molecule has 1 aliphatic carbocycles. The molecule has 0 aromatic rings. The maximum absolute atomic E-state index is 13.2. The predicted molar refractivity (Wildman–Crippen MR) is 113 cm³/mol. The smallest absolute Gasteiger partial charge is 0.255 e. The zero-order chi connectivity index (χ0) is 19.1. The highest BCUT2D eigenvalue weighted by Gasteiger charge is 2.25. The summed E-state index contributed by atoms with van der Waals surface area (Å²) in [6.07, 6.45) is 6.37. The molecular weight excluding hydrogens is 382 g/mol. The van der Waals surface area contributed by atoms with Crippen molar-refractivity contribution < 1.29 is 14.3 Å². The fourth-order valence-electron chi connectivity index (χ4n) is 3.32. The molecule has 1 amide bonds. The summed E-state index contributed by atoms with van der Waals surface area (Å²) >= 11 is 11.1. The van der Waals surface area contributed by atoms with Gasteiger partial charge in [0.25, 0.3) is 5.91 Å². The molecule has 0 aromatic carbocycles. The Labute approximate surface area is 171 Å². The van der Waals surface area contributed by atoms with Gasteiger partial charge in [0.2, 0.25) is 0 Å². The molecule has 0 spiro atoms. The van der Waals surface area contributed by atoms with E-state index in [1.807, 2.05) is 23.1 Å². The van der Waals surface area contributed by atoms with Crippen LogP contribution in [0.3, 0.4) is 0 Å². The van der Waals surface area contributed by atoms with Crippen LogP contribution in [0.2, 0.25) is 0 Å². The molecule has 2 fully saturated rings. The first-order chi connectivity index (χ1) is 13.1. The van der Waals surface area contributed by atoms with E-state index in [4.69, 9.17) is 33.9 Å². The lowest BCUT2D eigenvalue weighted by Crippen LogP contribution is -2.49. The van der Waals surface area contributed by atoms with Crippen molar-refractivity contribution in [1.29, 1.82) is 0 Å². The third-order valence-electron chi connectivity index (χ3n) is 5.00. The summed E-state index contributed by atoms with van der Waals surface area (Å²) in [5.41, 5.74) is 0.624. The summed E-state index contributed by atoms with van der Waals surface area (Å²) in [5, 5.41) is 0. The minimum Gasteiger partial charge on any atom is -0.379 e. The van der Waals surface area contributed by atoms with E-state index in [1.165, 1.54) is 0 Å². The van der Waals surface area contributed by atoms with E-state index in [2.05, 4.69) is 9.80 Å². The van der Waals surface area contributed by atoms with Crippen molar-refractivity contribution >= 4 is 40.2 Å². The summed E-state index contributed by atoms with van der Waals surface area (Å²) in [6.45, 7) is 8.14. The van der Waals surface area contributed by atoms with Crippen LogP contribution in [0.5, 0.6) is 0 Å². The highest BCUT2D eigenvalue weighted by atomic mass is 32.1. The number of ether oxygens (including phenoxy) is 2. The number of morpholine rings is 2. The lowest BCUT2D eigenvalue weighted by molar-refractivity contribution is -0.126. The number of allylic oxidation sites excluding steroid dienone is 3. The predicted octanol–water partition coefficient (Wildman–Crippen LogP) is 1.06. The molecule has 148 valence electrons. The number of amides is 1. The maximum atomic E-state index is 13.2. The van der Waals surface area contributed by atoms with Gasteiger partial charge >= 0.3 is 0 Å². The molecule has 0 N–H and O–H groups in total. The van der Waals surface area contributed by atoms with Crippen LogP contribution < -0.4 is 0 Å². The lowest BCUT2D eigenvalue weighted by Gasteiger charge is -2.34. The summed E-state index contributed by atoms with van der Waals surface area (Å²) in [4.78, 5) is 21.0. The van der Waals surface area contributed by atoms with E-state index >= 15 is 0 Å². The lowest BCUT2D eigenvalue weighted by atomic mass is 10.0. The molecule has 3 aliphatic rings. The first kappa shape index (κ1) is 20.5. The van der Waals surface area contributed by atoms with Gasteiger partial charge in [-0.2, -0.15) is 0 Å². The number of carbonyl (C=O) groups is 1. The zero-order valence-electron chi connectivity index (χ0n) is 15.6. The molecule has 6 nitrogen and oxygen atoms in total. The van der Waals surface area contributed by atoms with Crippen molar-refractivity contribution in [2.75, 3.05) is 72.2 Å². The second kappa shape index (κ2) is 10.4. The van der Waals surface area contributed by atoms with Gasteiger partial charge in [-0.1, -0.05) is 36.6 Å². The number of nitrogens with zero attached hydrogens (tertiary/aromatic N) is 3. The van der Waals surface area contributed by atoms with Crippen LogP contribution in [0.4, 0.5) is 0 Å². The second-order valence-corrected chi connectivity index (χ2v) is 7.77. The molecule has 0 radical (unpaired) electrons. The fraction of sp³-hybridized carbons (Fsp3) is 0.632. The zero-order valence-corrected chi connectivity index (χ0v) is 17.2. The van der Waals surface area contributed by atoms with E-state index < -0.39 is 0 Å². The van der Waals surface area contributed by atoms with Crippen LogP contribution in [0, 0.1) is 0 Å². The summed E-state index contributed by atoms with van der Waals surface area (Å²) in [6, 6.07) is 0. The van der Waals surface area contributed by atoms with Crippen LogP contribution >= 0.6 is 24.4 Å². The third kappa shape index (κ3) is 5.89. The average Bonchev–Trinajstić information content (AvgIpc) is 2.72. The number of thiocarbonyl (C=S) groups is 2. The molecule has 2 saturated heterocycles. The molecule has 2 aliphatic heterocycles. The van der Waals surface area contributed by atoms with Gasteiger partial charge in [0.1, 0.15) is 0 Å². The topological polar surface area (TPSA) is 45.2 Å². The van der Waals surface area contributed by atoms with Gasteiger partial charge in [0.15, 0.2) is 0 Å². The highest BCUT2D eigenvalue weighted by molar-refractivity contribution is 7.81. The van der Waals surface area contributed by atoms with Crippen molar-refractivity contribution in [1.82, 2.24) is 14.7 Å². The Morgan fingerprint density at radius 1 is 1.11 bits per heavy atom. The average molecular weight is 410 g/mol. The van der Waals surface area contributed by atoms with Crippen LogP contribution in [0.15, 0.2) is 23.8 Å². The molecular formula is C19H27N3O3S2. The number of hydrogen-bond donors (Lipinski definition) is 0. The number of hydrogen-bond acceptors (Lipinski definition) is 6. The molecule has 0 unspecified atom stereocenters. The van der Waals surface area contributed by atoms with Crippen molar-refractivity contribution in [3.05, 3.63) is 23.8 Å². The normalized spacial score (nSPS) is 21.1. The quantitative estimate of drug-likeness (QED) is 0.608. The highest BCUT2D eigenvalue weighted by Crippen LogP contribution is 2.14. The molecule has 2 heterocycles. The minimum atomic E-state index is -0.0202. The van der Waals surface area contributed by atoms with Gasteiger partial charge in [0, 0.05) is 50.6 Å². The summed E-state index contributed by atoms with van der Waals surface area (Å²) in [5.74, 6) is -0.0202. The van der Waals surface area contributed by atoms with E-state index in [0.717, 1.165) is 50.9 Å². The van der Waals surface area contributed by atoms with E-state index in [9.17, 15) is 4.79 Å². The molecule has 0 saturated carbocycles. The summed E-state index contributed by atoms with van der Waals surface area (Å²) in [7, 11) is 0. The Balaban J connectivity index is 1.65. The van der Waals surface area contributed by atoms with Crippen molar-refractivity contribution in [2.24, 2.45) is 0 Å². The van der Waals surface area contributed by atoms with E-state index in [1.54, 1.807) is 0 Å². The van der Waals surface area contributed by atoms with Crippen molar-refractivity contribution in [3.8, 4) is 0 Å². The first-order valence-electron chi connectivity index (χ1n) is 9.50. The molecule has 8 heteroatoms. The molecule has 27 heavy (non-hydrogen) atoms. The van der Waals surface area contributed by atoms with Gasteiger partial charge in [-0.25, -0.2) is 0 Å². The Kier molecular flexibility index (Phi) is 7.90. The second-order valence-electron chi connectivity index (χ2n) is 6.81. The SMILES string of the molecule is O=C(C1=CC=CCC1=S)N(CCN1CCOCC1)CC(=S)N1CCOCC1. The van der Waals surface area contributed by atoms with Crippen LogP contribution in [-0.2, 0) is 14.3 Å². The number of carbonyl (C=O) groups excluding carboxylic acids is 1. The van der Waals surface area contributed by atoms with Gasteiger partial charge in [-0.3, -0.25) is 9.69 Å². The van der Waals surface area contributed by atoms with E-state index in [-0.39, 0.29) is 5.91 Å². The first-order valence-corrected chi connectivity index (χ1v) is 10.3. The van der Waals surface area contributed by atoms with Gasteiger partial charge in [-0.05, 0) is 6.08 Å². The van der Waals surface area contributed by atoms with Crippen LogP contribution in [-0.4, -0.2) is 103 Å². The van der Waals surface area contributed by atoms with Crippen molar-refractivity contribution in [2.45, 2.75) is 6.42 Å². The molecule has 3 rings (SSSR count). The number of rotatable bonds is 6. The Morgan fingerprint density at radius 2 is 1.78 bits per heavy atom. The van der Waals surface area contributed by atoms with Gasteiger partial charge in [0.05, 0.1) is 43.5 Å². The van der Waals surface area contributed by atoms with Crippen LogP contribution in [0.25, 0.3) is 0 Å². The Hall–Kier alpha value is -1.19. The maximum Gasteiger partial charge on any atom is 0.255 e. The summed E-state index contributed by atoms with van der Waals surface area (Å²) < 4.78 is 10.8.